The fourth-order valence-electron chi connectivity index (χ4n) is 3.15. The number of fused-ring (bicyclic) bond motifs is 1. The molecule has 25 heavy (non-hydrogen) atoms. The molecule has 0 radical (unpaired) electrons. The lowest BCUT2D eigenvalue weighted by molar-refractivity contribution is 0.428. The number of hydrogen-bond donors (Lipinski definition) is 1. The van der Waals surface area contributed by atoms with Gasteiger partial charge in [0, 0.05) is 6.07 Å². The molecule has 0 fully saturated rings. The zero-order valence-corrected chi connectivity index (χ0v) is 15.4. The highest BCUT2D eigenvalue weighted by Crippen LogP contribution is 2.34. The molecular formula is C18H18N2O3S2. The fraction of sp³-hybridized carbons (Fsp3) is 0.278. The van der Waals surface area contributed by atoms with E-state index in [1.165, 1.54) is 16.9 Å². The average Bonchev–Trinajstić information content (AvgIpc) is 3.24. The molecule has 5 nitrogen and oxygen atoms in total. The summed E-state index contributed by atoms with van der Waals surface area (Å²) in [6.45, 7) is 1.83. The Kier molecular flexibility index (Phi) is 4.13. The predicted octanol–water partition coefficient (Wildman–Crippen LogP) is 4.39. The van der Waals surface area contributed by atoms with Gasteiger partial charge in [0.25, 0.3) is 10.0 Å². The van der Waals surface area contributed by atoms with Gasteiger partial charge >= 0.3 is 0 Å². The number of nitrogens with one attached hydrogen (secondary N) is 1. The van der Waals surface area contributed by atoms with Crippen LogP contribution in [0, 0.1) is 6.92 Å². The number of anilines is 1. The molecule has 0 saturated heterocycles. The van der Waals surface area contributed by atoms with Crippen molar-refractivity contribution in [2.45, 2.75) is 36.8 Å². The second-order valence-corrected chi connectivity index (χ2v) is 9.20. The van der Waals surface area contributed by atoms with Gasteiger partial charge in [-0.15, -0.1) is 11.3 Å². The SMILES string of the molecule is Cc1cc(-c2ccc(S(=O)(=O)Nc3cccc4c3CCCC4)s2)on1. The van der Waals surface area contributed by atoms with Gasteiger partial charge in [0.15, 0.2) is 5.76 Å². The molecule has 0 unspecified atom stereocenters. The summed E-state index contributed by atoms with van der Waals surface area (Å²) in [6, 6.07) is 11.0. The minimum atomic E-state index is -3.62. The van der Waals surface area contributed by atoms with Crippen LogP contribution in [0.5, 0.6) is 0 Å². The van der Waals surface area contributed by atoms with Crippen molar-refractivity contribution in [3.05, 3.63) is 53.2 Å². The summed E-state index contributed by atoms with van der Waals surface area (Å²) in [5.74, 6) is 0.584. The van der Waals surface area contributed by atoms with Gasteiger partial charge in [0.05, 0.1) is 16.3 Å². The van der Waals surface area contributed by atoms with Crippen LogP contribution in [0.2, 0.25) is 0 Å². The van der Waals surface area contributed by atoms with Crippen molar-refractivity contribution in [1.29, 1.82) is 0 Å². The Morgan fingerprint density at radius 3 is 2.80 bits per heavy atom. The quantitative estimate of drug-likeness (QED) is 0.735. The van der Waals surface area contributed by atoms with Crippen molar-refractivity contribution < 1.29 is 12.9 Å². The second-order valence-electron chi connectivity index (χ2n) is 6.21. The highest BCUT2D eigenvalue weighted by Gasteiger charge is 2.21. The Morgan fingerprint density at radius 2 is 2.00 bits per heavy atom. The van der Waals surface area contributed by atoms with E-state index in [9.17, 15) is 8.42 Å². The van der Waals surface area contributed by atoms with E-state index in [1.54, 1.807) is 18.2 Å². The topological polar surface area (TPSA) is 72.2 Å². The van der Waals surface area contributed by atoms with Gasteiger partial charge < -0.3 is 4.52 Å². The van der Waals surface area contributed by atoms with Crippen molar-refractivity contribution in [2.75, 3.05) is 4.72 Å². The molecule has 0 amide bonds. The smallest absolute Gasteiger partial charge is 0.271 e. The molecule has 0 atom stereocenters. The molecule has 1 aromatic carbocycles. The number of sulfonamides is 1. The van der Waals surface area contributed by atoms with E-state index in [0.29, 0.717) is 11.4 Å². The van der Waals surface area contributed by atoms with Crippen molar-refractivity contribution in [3.63, 3.8) is 0 Å². The maximum absolute atomic E-state index is 12.8. The van der Waals surface area contributed by atoms with Gasteiger partial charge in [-0.25, -0.2) is 8.42 Å². The fourth-order valence-corrected chi connectivity index (χ4v) is 5.50. The normalized spacial score (nSPS) is 14.3. The number of rotatable bonds is 4. The van der Waals surface area contributed by atoms with Crippen molar-refractivity contribution in [2.24, 2.45) is 0 Å². The molecular weight excluding hydrogens is 356 g/mol. The first-order chi connectivity index (χ1) is 12.0. The molecule has 3 aromatic rings. The Balaban J connectivity index is 1.64. The van der Waals surface area contributed by atoms with E-state index in [1.807, 2.05) is 19.1 Å². The molecule has 0 saturated carbocycles. The van der Waals surface area contributed by atoms with E-state index in [2.05, 4.69) is 15.9 Å². The third kappa shape index (κ3) is 3.21. The maximum atomic E-state index is 12.8. The molecule has 2 aromatic heterocycles. The molecule has 1 N–H and O–H groups in total. The molecule has 0 bridgehead atoms. The largest absolute Gasteiger partial charge is 0.355 e. The van der Waals surface area contributed by atoms with Crippen molar-refractivity contribution >= 4 is 27.0 Å². The van der Waals surface area contributed by atoms with E-state index in [-0.39, 0.29) is 4.21 Å². The number of hydrogen-bond acceptors (Lipinski definition) is 5. The summed E-state index contributed by atoms with van der Waals surface area (Å²) in [5, 5.41) is 3.85. The molecule has 0 aliphatic heterocycles. The highest BCUT2D eigenvalue weighted by molar-refractivity contribution is 7.94. The van der Waals surface area contributed by atoms with Crippen LogP contribution in [-0.2, 0) is 22.9 Å². The second kappa shape index (κ2) is 6.31. The number of aromatic nitrogens is 1. The Bertz CT molecular complexity index is 1020. The van der Waals surface area contributed by atoms with E-state index in [4.69, 9.17) is 4.52 Å². The van der Waals surface area contributed by atoms with Crippen LogP contribution >= 0.6 is 11.3 Å². The Morgan fingerprint density at radius 1 is 1.16 bits per heavy atom. The van der Waals surface area contributed by atoms with Crippen LogP contribution in [-0.4, -0.2) is 13.6 Å². The third-order valence-electron chi connectivity index (χ3n) is 4.36. The number of nitrogens with zero attached hydrogens (tertiary/aromatic N) is 1. The molecule has 1 aliphatic rings. The molecule has 2 heterocycles. The summed E-state index contributed by atoms with van der Waals surface area (Å²) in [6.07, 6.45) is 4.19. The number of benzene rings is 1. The van der Waals surface area contributed by atoms with Crippen LogP contribution in [0.15, 0.2) is 45.1 Å². The monoisotopic (exact) mass is 374 g/mol. The lowest BCUT2D eigenvalue weighted by atomic mass is 9.91. The summed E-state index contributed by atoms with van der Waals surface area (Å²) in [5.41, 5.74) is 3.83. The standard InChI is InChI=1S/C18H18N2O3S2/c1-12-11-16(23-19-12)17-9-10-18(24-17)25(21,22)20-15-8-4-6-13-5-2-3-7-14(13)15/h4,6,8-11,20H,2-3,5,7H2,1H3. The predicted molar refractivity (Wildman–Crippen MR) is 98.4 cm³/mol. The van der Waals surface area contributed by atoms with Crippen LogP contribution < -0.4 is 4.72 Å². The zero-order valence-electron chi connectivity index (χ0n) is 13.8. The molecule has 130 valence electrons. The zero-order chi connectivity index (χ0) is 17.4. The van der Waals surface area contributed by atoms with E-state index in [0.717, 1.165) is 41.8 Å². The Hall–Kier alpha value is -2.12. The van der Waals surface area contributed by atoms with Crippen molar-refractivity contribution in [3.8, 4) is 10.6 Å². The molecule has 7 heteroatoms. The van der Waals surface area contributed by atoms with E-state index >= 15 is 0 Å². The first-order valence-electron chi connectivity index (χ1n) is 8.20. The summed E-state index contributed by atoms with van der Waals surface area (Å²) in [4.78, 5) is 0.746. The summed E-state index contributed by atoms with van der Waals surface area (Å²) in [7, 11) is -3.62. The number of aryl methyl sites for hydroxylation is 2. The first kappa shape index (κ1) is 16.4. The van der Waals surface area contributed by atoms with Crippen LogP contribution in [0.4, 0.5) is 5.69 Å². The minimum Gasteiger partial charge on any atom is -0.355 e. The first-order valence-corrected chi connectivity index (χ1v) is 10.5. The highest BCUT2D eigenvalue weighted by atomic mass is 32.2. The lowest BCUT2D eigenvalue weighted by Gasteiger charge is -2.19. The van der Waals surface area contributed by atoms with Gasteiger partial charge in [-0.1, -0.05) is 17.3 Å². The summed E-state index contributed by atoms with van der Waals surface area (Å²) >= 11 is 1.18. The number of thiophene rings is 1. The third-order valence-corrected chi connectivity index (χ3v) is 7.31. The van der Waals surface area contributed by atoms with Crippen molar-refractivity contribution in [1.82, 2.24) is 5.16 Å². The molecule has 1 aliphatic carbocycles. The summed E-state index contributed by atoms with van der Waals surface area (Å²) < 4.78 is 33.8. The molecule has 4 rings (SSSR count). The lowest BCUT2D eigenvalue weighted by Crippen LogP contribution is -2.15. The van der Waals surface area contributed by atoms with Gasteiger partial charge in [0.1, 0.15) is 4.21 Å². The minimum absolute atomic E-state index is 0.268. The van der Waals surface area contributed by atoms with Crippen LogP contribution in [0.1, 0.15) is 29.7 Å². The van der Waals surface area contributed by atoms with Gasteiger partial charge in [0.2, 0.25) is 0 Å². The van der Waals surface area contributed by atoms with Crippen LogP contribution in [0.3, 0.4) is 0 Å². The Labute approximate surface area is 150 Å². The van der Waals surface area contributed by atoms with Gasteiger partial charge in [-0.2, -0.15) is 0 Å². The maximum Gasteiger partial charge on any atom is 0.271 e. The molecule has 0 spiro atoms. The van der Waals surface area contributed by atoms with Gasteiger partial charge in [-0.05, 0) is 61.9 Å². The van der Waals surface area contributed by atoms with Crippen LogP contribution in [0.25, 0.3) is 10.6 Å². The van der Waals surface area contributed by atoms with Gasteiger partial charge in [-0.3, -0.25) is 4.72 Å². The average molecular weight is 374 g/mol. The van der Waals surface area contributed by atoms with E-state index < -0.39 is 10.0 Å².